The fraction of sp³-hybridized carbons (Fsp3) is 0. The Balaban J connectivity index is 1.82. The first-order valence-corrected chi connectivity index (χ1v) is 8.06. The Morgan fingerprint density at radius 1 is 1.09 bits per heavy atom. The fourth-order valence-electron chi connectivity index (χ4n) is 1.84. The van der Waals surface area contributed by atoms with Gasteiger partial charge in [-0.15, -0.1) is 11.3 Å². The smallest absolute Gasteiger partial charge is 0.209 e. The van der Waals surface area contributed by atoms with Gasteiger partial charge in [0.1, 0.15) is 11.5 Å². The van der Waals surface area contributed by atoms with E-state index in [1.807, 2.05) is 29.6 Å². The lowest BCUT2D eigenvalue weighted by Gasteiger charge is -1.98. The highest BCUT2D eigenvalue weighted by atomic mass is 79.9. The number of aliphatic imine (C=N–C) groups is 1. The molecule has 0 radical (unpaired) electrons. The highest BCUT2D eigenvalue weighted by Gasteiger charge is 2.04. The quantitative estimate of drug-likeness (QED) is 0.651. The Labute approximate surface area is 139 Å². The van der Waals surface area contributed by atoms with Gasteiger partial charge in [-0.25, -0.2) is 9.98 Å². The van der Waals surface area contributed by atoms with E-state index in [0.717, 1.165) is 15.7 Å². The minimum absolute atomic E-state index is 0.0152. The molecule has 3 aromatic rings. The number of aromatic hydroxyl groups is 2. The van der Waals surface area contributed by atoms with E-state index in [-0.39, 0.29) is 11.5 Å². The molecule has 0 bridgehead atoms. The molecule has 2 N–H and O–H groups in total. The van der Waals surface area contributed by atoms with Crippen LogP contribution in [0.25, 0.3) is 11.3 Å². The number of rotatable bonds is 3. The van der Waals surface area contributed by atoms with E-state index in [4.69, 9.17) is 0 Å². The summed E-state index contributed by atoms with van der Waals surface area (Å²) in [5, 5.41) is 21.5. The maximum absolute atomic E-state index is 9.71. The summed E-state index contributed by atoms with van der Waals surface area (Å²) in [6, 6.07) is 12.3. The molecule has 6 heteroatoms. The van der Waals surface area contributed by atoms with Crippen LogP contribution in [0.5, 0.6) is 11.5 Å². The number of benzene rings is 2. The average molecular weight is 375 g/mol. The molecule has 0 fully saturated rings. The predicted molar refractivity (Wildman–Crippen MR) is 92.3 cm³/mol. The van der Waals surface area contributed by atoms with E-state index >= 15 is 0 Å². The van der Waals surface area contributed by atoms with Crippen molar-refractivity contribution in [1.29, 1.82) is 0 Å². The molecule has 110 valence electrons. The summed E-state index contributed by atoms with van der Waals surface area (Å²) in [5.41, 5.74) is 2.41. The maximum Gasteiger partial charge on any atom is 0.209 e. The van der Waals surface area contributed by atoms with Crippen LogP contribution in [0.1, 0.15) is 5.56 Å². The maximum atomic E-state index is 9.71. The molecule has 3 rings (SSSR count). The molecule has 0 aliphatic carbocycles. The number of hydrogen-bond acceptors (Lipinski definition) is 5. The molecule has 22 heavy (non-hydrogen) atoms. The van der Waals surface area contributed by atoms with E-state index in [9.17, 15) is 10.2 Å². The van der Waals surface area contributed by atoms with Crippen LogP contribution in [0.2, 0.25) is 0 Å². The van der Waals surface area contributed by atoms with Gasteiger partial charge in [-0.3, -0.25) is 0 Å². The predicted octanol–water partition coefficient (Wildman–Crippen LogP) is 4.73. The Morgan fingerprint density at radius 2 is 1.86 bits per heavy atom. The average Bonchev–Trinajstić information content (AvgIpc) is 2.96. The van der Waals surface area contributed by atoms with Crippen LogP contribution in [0.15, 0.2) is 57.3 Å². The van der Waals surface area contributed by atoms with Crippen molar-refractivity contribution in [3.05, 3.63) is 57.9 Å². The van der Waals surface area contributed by atoms with Crippen molar-refractivity contribution in [3.8, 4) is 22.8 Å². The van der Waals surface area contributed by atoms with Crippen molar-refractivity contribution in [1.82, 2.24) is 4.98 Å². The van der Waals surface area contributed by atoms with Gasteiger partial charge in [0.2, 0.25) is 5.13 Å². The standard InChI is InChI=1S/C16H11BrN2O2S/c17-12-4-1-10(2-5-12)14-9-22-16(19-14)18-8-11-3-6-13(20)7-15(11)21/h1-9,20-21H. The van der Waals surface area contributed by atoms with E-state index in [1.54, 1.807) is 6.07 Å². The molecular weight excluding hydrogens is 364 g/mol. The van der Waals surface area contributed by atoms with Crippen LogP contribution < -0.4 is 0 Å². The van der Waals surface area contributed by atoms with Crippen LogP contribution in [-0.2, 0) is 0 Å². The first kappa shape index (κ1) is 14.7. The highest BCUT2D eigenvalue weighted by Crippen LogP contribution is 2.28. The molecule has 0 spiro atoms. The van der Waals surface area contributed by atoms with Gasteiger partial charge in [0.15, 0.2) is 0 Å². The number of phenols is 2. The zero-order valence-electron chi connectivity index (χ0n) is 11.3. The summed E-state index contributed by atoms with van der Waals surface area (Å²) in [7, 11) is 0. The lowest BCUT2D eigenvalue weighted by atomic mass is 10.2. The number of halogens is 1. The lowest BCUT2D eigenvalue weighted by molar-refractivity contribution is 0.450. The van der Waals surface area contributed by atoms with Gasteiger partial charge in [-0.2, -0.15) is 0 Å². The third-order valence-electron chi connectivity index (χ3n) is 2.96. The number of aromatic nitrogens is 1. The van der Waals surface area contributed by atoms with Crippen molar-refractivity contribution in [2.24, 2.45) is 4.99 Å². The van der Waals surface area contributed by atoms with Gasteiger partial charge in [0, 0.05) is 33.3 Å². The van der Waals surface area contributed by atoms with Crippen molar-refractivity contribution in [3.63, 3.8) is 0 Å². The van der Waals surface area contributed by atoms with E-state index in [0.29, 0.717) is 10.7 Å². The molecule has 0 aliphatic heterocycles. The number of hydrogen-bond donors (Lipinski definition) is 2. The molecule has 2 aromatic carbocycles. The van der Waals surface area contributed by atoms with Gasteiger partial charge in [-0.1, -0.05) is 28.1 Å². The van der Waals surface area contributed by atoms with Gasteiger partial charge in [-0.05, 0) is 24.3 Å². The zero-order chi connectivity index (χ0) is 15.5. The van der Waals surface area contributed by atoms with Gasteiger partial charge in [0.05, 0.1) is 5.69 Å². The monoisotopic (exact) mass is 374 g/mol. The van der Waals surface area contributed by atoms with Crippen molar-refractivity contribution in [2.75, 3.05) is 0 Å². The lowest BCUT2D eigenvalue weighted by Crippen LogP contribution is -1.81. The van der Waals surface area contributed by atoms with Crippen LogP contribution in [0.4, 0.5) is 5.13 Å². The Kier molecular flexibility index (Phi) is 4.22. The molecule has 0 aliphatic rings. The molecule has 0 saturated carbocycles. The minimum Gasteiger partial charge on any atom is -0.508 e. The largest absolute Gasteiger partial charge is 0.508 e. The molecule has 0 atom stereocenters. The molecular formula is C16H11BrN2O2S. The summed E-state index contributed by atoms with van der Waals surface area (Å²) in [4.78, 5) is 8.71. The second-order valence-corrected chi connectivity index (χ2v) is 6.28. The normalized spacial score (nSPS) is 11.1. The zero-order valence-corrected chi connectivity index (χ0v) is 13.7. The molecule has 0 unspecified atom stereocenters. The first-order chi connectivity index (χ1) is 10.6. The molecule has 4 nitrogen and oxygen atoms in total. The highest BCUT2D eigenvalue weighted by molar-refractivity contribution is 9.10. The topological polar surface area (TPSA) is 65.7 Å². The van der Waals surface area contributed by atoms with Crippen LogP contribution in [0.3, 0.4) is 0 Å². The summed E-state index contributed by atoms with van der Waals surface area (Å²) >= 11 is 4.83. The Hall–Kier alpha value is -2.18. The van der Waals surface area contributed by atoms with Crippen LogP contribution in [0, 0.1) is 0 Å². The molecule has 1 heterocycles. The number of phenolic OH excluding ortho intramolecular Hbond substituents is 2. The third kappa shape index (κ3) is 3.35. The van der Waals surface area contributed by atoms with Gasteiger partial charge < -0.3 is 10.2 Å². The second kappa shape index (κ2) is 6.29. The summed E-state index contributed by atoms with van der Waals surface area (Å²) < 4.78 is 1.02. The van der Waals surface area contributed by atoms with Crippen molar-refractivity contribution >= 4 is 38.6 Å². The number of nitrogens with zero attached hydrogens (tertiary/aromatic N) is 2. The SMILES string of the molecule is Oc1ccc(C=Nc2nc(-c3ccc(Br)cc3)cs2)c(O)c1. The Morgan fingerprint density at radius 3 is 2.59 bits per heavy atom. The van der Waals surface area contributed by atoms with Crippen LogP contribution >= 0.6 is 27.3 Å². The molecule has 1 aromatic heterocycles. The summed E-state index contributed by atoms with van der Waals surface area (Å²) in [6.45, 7) is 0. The summed E-state index contributed by atoms with van der Waals surface area (Å²) in [6.07, 6.45) is 1.53. The van der Waals surface area contributed by atoms with Gasteiger partial charge >= 0.3 is 0 Å². The Bertz CT molecular complexity index is 828. The van der Waals surface area contributed by atoms with Gasteiger partial charge in [0.25, 0.3) is 0 Å². The van der Waals surface area contributed by atoms with E-state index in [2.05, 4.69) is 25.9 Å². The molecule has 0 amide bonds. The fourth-order valence-corrected chi connectivity index (χ4v) is 2.78. The second-order valence-electron chi connectivity index (χ2n) is 4.52. The third-order valence-corrected chi connectivity index (χ3v) is 4.24. The van der Waals surface area contributed by atoms with E-state index < -0.39 is 0 Å². The first-order valence-electron chi connectivity index (χ1n) is 6.39. The van der Waals surface area contributed by atoms with Crippen molar-refractivity contribution in [2.45, 2.75) is 0 Å². The summed E-state index contributed by atoms with van der Waals surface area (Å²) in [5.74, 6) is -0.00476. The number of thiazole rings is 1. The van der Waals surface area contributed by atoms with E-state index in [1.165, 1.54) is 29.7 Å². The van der Waals surface area contributed by atoms with Crippen molar-refractivity contribution < 1.29 is 10.2 Å². The minimum atomic E-state index is -0.0200. The van der Waals surface area contributed by atoms with Crippen LogP contribution in [-0.4, -0.2) is 21.4 Å². The molecule has 0 saturated heterocycles.